The van der Waals surface area contributed by atoms with Gasteiger partial charge in [0.25, 0.3) is 0 Å². The fourth-order valence-corrected chi connectivity index (χ4v) is 3.85. The Labute approximate surface area is 141 Å². The highest BCUT2D eigenvalue weighted by atomic mass is 16.2. The molecule has 2 atom stereocenters. The van der Waals surface area contributed by atoms with Crippen LogP contribution >= 0.6 is 0 Å². The van der Waals surface area contributed by atoms with Crippen molar-refractivity contribution in [3.05, 3.63) is 48.0 Å². The molecule has 0 unspecified atom stereocenters. The van der Waals surface area contributed by atoms with Crippen molar-refractivity contribution in [2.45, 2.75) is 18.4 Å². The van der Waals surface area contributed by atoms with Crippen LogP contribution in [0.25, 0.3) is 0 Å². The monoisotopic (exact) mass is 325 g/mol. The van der Waals surface area contributed by atoms with Gasteiger partial charge in [0.2, 0.25) is 5.91 Å². The number of aromatic nitrogens is 2. The molecule has 1 amide bonds. The molecule has 126 valence electrons. The largest absolute Gasteiger partial charge is 0.340 e. The van der Waals surface area contributed by atoms with E-state index in [1.54, 1.807) is 6.33 Å². The highest BCUT2D eigenvalue weighted by molar-refractivity contribution is 5.96. The number of amides is 1. The third kappa shape index (κ3) is 2.72. The van der Waals surface area contributed by atoms with Gasteiger partial charge in [0.1, 0.15) is 0 Å². The first-order valence-corrected chi connectivity index (χ1v) is 8.46. The number of aryl methyl sites for hydroxylation is 1. The van der Waals surface area contributed by atoms with E-state index in [9.17, 15) is 4.79 Å². The van der Waals surface area contributed by atoms with Crippen LogP contribution in [0.3, 0.4) is 0 Å². The number of benzene rings is 1. The van der Waals surface area contributed by atoms with Crippen LogP contribution in [0.4, 0.5) is 5.69 Å². The topological polar surface area (TPSA) is 67.4 Å². The van der Waals surface area contributed by atoms with E-state index < -0.39 is 0 Å². The zero-order valence-electron chi connectivity index (χ0n) is 13.9. The van der Waals surface area contributed by atoms with Gasteiger partial charge in [0, 0.05) is 50.5 Å². The van der Waals surface area contributed by atoms with Crippen molar-refractivity contribution in [2.75, 3.05) is 31.1 Å². The number of nitrogens with two attached hydrogens (primary N) is 1. The Morgan fingerprint density at radius 1 is 1.33 bits per heavy atom. The number of rotatable bonds is 3. The molecule has 24 heavy (non-hydrogen) atoms. The van der Waals surface area contributed by atoms with Gasteiger partial charge in [-0.3, -0.25) is 9.69 Å². The van der Waals surface area contributed by atoms with E-state index in [-0.39, 0.29) is 17.9 Å². The van der Waals surface area contributed by atoms with Gasteiger partial charge in [-0.25, -0.2) is 4.98 Å². The van der Waals surface area contributed by atoms with Crippen LogP contribution in [-0.4, -0.2) is 52.6 Å². The molecule has 2 N–H and O–H groups in total. The van der Waals surface area contributed by atoms with Crippen LogP contribution in [0.5, 0.6) is 0 Å². The molecule has 3 heterocycles. The summed E-state index contributed by atoms with van der Waals surface area (Å²) >= 11 is 0. The maximum Gasteiger partial charge on any atom is 0.241 e. The highest BCUT2D eigenvalue weighted by Crippen LogP contribution is 2.29. The van der Waals surface area contributed by atoms with Crippen LogP contribution in [0.15, 0.2) is 36.8 Å². The molecule has 1 saturated heterocycles. The fourth-order valence-electron chi connectivity index (χ4n) is 3.85. The third-order valence-corrected chi connectivity index (χ3v) is 5.09. The van der Waals surface area contributed by atoms with Crippen LogP contribution in [0.1, 0.15) is 17.2 Å². The van der Waals surface area contributed by atoms with Crippen LogP contribution in [0, 0.1) is 0 Å². The maximum absolute atomic E-state index is 12.7. The van der Waals surface area contributed by atoms with Gasteiger partial charge in [0.15, 0.2) is 0 Å². The van der Waals surface area contributed by atoms with Crippen molar-refractivity contribution in [1.82, 2.24) is 14.5 Å². The first-order valence-electron chi connectivity index (χ1n) is 8.46. The van der Waals surface area contributed by atoms with Gasteiger partial charge >= 0.3 is 0 Å². The summed E-state index contributed by atoms with van der Waals surface area (Å²) in [5.41, 5.74) is 9.64. The summed E-state index contributed by atoms with van der Waals surface area (Å²) in [5, 5.41) is 0. The van der Waals surface area contributed by atoms with Crippen molar-refractivity contribution in [1.29, 1.82) is 0 Å². The lowest BCUT2D eigenvalue weighted by Crippen LogP contribution is -2.39. The quantitative estimate of drug-likeness (QED) is 0.904. The Kier molecular flexibility index (Phi) is 3.86. The Hall–Kier alpha value is -2.18. The van der Waals surface area contributed by atoms with Gasteiger partial charge in [-0.15, -0.1) is 0 Å². The SMILES string of the molecule is Cn1cnc([C@@H]2CN(CC(=O)N3CCc4ccccc43)C[C@H]2N)c1. The number of nitrogens with zero attached hydrogens (tertiary/aromatic N) is 4. The molecule has 1 fully saturated rings. The number of hydrogen-bond donors (Lipinski definition) is 1. The molecule has 0 bridgehead atoms. The Morgan fingerprint density at radius 2 is 2.17 bits per heavy atom. The number of anilines is 1. The molecule has 2 aromatic rings. The van der Waals surface area contributed by atoms with Gasteiger partial charge in [-0.1, -0.05) is 18.2 Å². The third-order valence-electron chi connectivity index (χ3n) is 5.09. The van der Waals surface area contributed by atoms with Crippen molar-refractivity contribution >= 4 is 11.6 Å². The predicted molar refractivity (Wildman–Crippen MR) is 92.9 cm³/mol. The van der Waals surface area contributed by atoms with E-state index in [0.717, 1.165) is 37.4 Å². The molecule has 0 radical (unpaired) electrons. The summed E-state index contributed by atoms with van der Waals surface area (Å²) in [5.74, 6) is 0.360. The van der Waals surface area contributed by atoms with Gasteiger partial charge < -0.3 is 15.2 Å². The van der Waals surface area contributed by atoms with Gasteiger partial charge in [-0.2, -0.15) is 0 Å². The molecule has 0 saturated carbocycles. The second-order valence-electron chi connectivity index (χ2n) is 6.85. The zero-order chi connectivity index (χ0) is 16.7. The number of hydrogen-bond acceptors (Lipinski definition) is 4. The number of carbonyl (C=O) groups is 1. The molecule has 4 rings (SSSR count). The van der Waals surface area contributed by atoms with Crippen LogP contribution in [-0.2, 0) is 18.3 Å². The summed E-state index contributed by atoms with van der Waals surface area (Å²) in [6.45, 7) is 2.73. The first-order chi connectivity index (χ1) is 11.6. The fraction of sp³-hybridized carbons (Fsp3) is 0.444. The van der Waals surface area contributed by atoms with Crippen molar-refractivity contribution < 1.29 is 4.79 Å². The molecule has 1 aromatic carbocycles. The maximum atomic E-state index is 12.7. The second kappa shape index (κ2) is 6.03. The Morgan fingerprint density at radius 3 is 2.96 bits per heavy atom. The number of para-hydroxylation sites is 1. The molecular weight excluding hydrogens is 302 g/mol. The summed E-state index contributed by atoms with van der Waals surface area (Å²) in [6, 6.07) is 8.19. The zero-order valence-corrected chi connectivity index (χ0v) is 13.9. The van der Waals surface area contributed by atoms with E-state index >= 15 is 0 Å². The molecule has 6 heteroatoms. The van der Waals surface area contributed by atoms with Crippen molar-refractivity contribution in [3.8, 4) is 0 Å². The molecule has 6 nitrogen and oxygen atoms in total. The van der Waals surface area contributed by atoms with E-state index in [4.69, 9.17) is 5.73 Å². The average Bonchev–Trinajstić information content (AvgIpc) is 3.25. The minimum Gasteiger partial charge on any atom is -0.340 e. The van der Waals surface area contributed by atoms with Crippen LogP contribution < -0.4 is 10.6 Å². The molecule has 2 aliphatic heterocycles. The standard InChI is InChI=1S/C18H23N5O/c1-21-10-16(20-12-21)14-8-22(9-15(14)19)11-18(24)23-7-6-13-4-2-3-5-17(13)23/h2-5,10,12,14-15H,6-9,11,19H2,1H3/t14-,15-/m1/s1. The number of imidazole rings is 1. The summed E-state index contributed by atoms with van der Waals surface area (Å²) < 4.78 is 1.94. The lowest BCUT2D eigenvalue weighted by molar-refractivity contribution is -0.119. The summed E-state index contributed by atoms with van der Waals surface area (Å²) in [6.07, 6.45) is 4.77. The lowest BCUT2D eigenvalue weighted by atomic mass is 10.0. The van der Waals surface area contributed by atoms with E-state index in [1.807, 2.05) is 40.9 Å². The Bertz CT molecular complexity index is 755. The summed E-state index contributed by atoms with van der Waals surface area (Å²) in [7, 11) is 1.96. The van der Waals surface area contributed by atoms with Crippen molar-refractivity contribution in [2.24, 2.45) is 12.8 Å². The summed E-state index contributed by atoms with van der Waals surface area (Å²) in [4.78, 5) is 21.2. The predicted octanol–water partition coefficient (Wildman–Crippen LogP) is 0.736. The molecule has 0 aliphatic carbocycles. The normalized spacial score (nSPS) is 23.7. The molecule has 0 spiro atoms. The molecule has 2 aliphatic rings. The number of likely N-dealkylation sites (tertiary alicyclic amines) is 1. The first kappa shape index (κ1) is 15.4. The minimum absolute atomic E-state index is 0.0264. The van der Waals surface area contributed by atoms with Gasteiger partial charge in [0.05, 0.1) is 18.6 Å². The minimum atomic E-state index is 0.0264. The Balaban J connectivity index is 1.42. The second-order valence-corrected chi connectivity index (χ2v) is 6.85. The van der Waals surface area contributed by atoms with Gasteiger partial charge in [-0.05, 0) is 18.1 Å². The molecule has 1 aromatic heterocycles. The van der Waals surface area contributed by atoms with Crippen LogP contribution in [0.2, 0.25) is 0 Å². The van der Waals surface area contributed by atoms with E-state index in [0.29, 0.717) is 6.54 Å². The van der Waals surface area contributed by atoms with Crippen molar-refractivity contribution in [3.63, 3.8) is 0 Å². The number of carbonyl (C=O) groups excluding carboxylic acids is 1. The highest BCUT2D eigenvalue weighted by Gasteiger charge is 2.35. The lowest BCUT2D eigenvalue weighted by Gasteiger charge is -2.21. The van der Waals surface area contributed by atoms with E-state index in [1.165, 1.54) is 5.56 Å². The average molecular weight is 325 g/mol. The number of fused-ring (bicyclic) bond motifs is 1. The molecular formula is C18H23N5O. The smallest absolute Gasteiger partial charge is 0.241 e. The van der Waals surface area contributed by atoms with E-state index in [2.05, 4.69) is 16.0 Å².